The normalized spacial score (nSPS) is 11.1. The molecule has 1 aromatic heterocycles. The average molecular weight is 496 g/mol. The zero-order valence-electron chi connectivity index (χ0n) is 15.4. The molecular formula is C19H18BrClN5O2S+. The molecule has 2 aromatic carbocycles. The number of thioether (sulfide) groups is 1. The number of carbonyl (C=O) groups excluding carboxylic acids is 1. The van der Waals surface area contributed by atoms with Crippen LogP contribution in [0.25, 0.3) is 11.4 Å². The number of hydrogen-bond donors (Lipinski definition) is 3. The SMILES string of the molecule is CC[n+]1c(SCC(=O)NN=Cc2cc(Br)ccc2O)n[nH]c1-c1ccc(Cl)cc1. The quantitative estimate of drug-likeness (QED) is 0.201. The van der Waals surface area contributed by atoms with Crippen molar-refractivity contribution < 1.29 is 14.5 Å². The molecule has 0 saturated heterocycles. The molecule has 0 unspecified atom stereocenters. The number of nitrogens with zero attached hydrogens (tertiary/aromatic N) is 3. The number of nitrogens with one attached hydrogen (secondary N) is 2. The lowest BCUT2D eigenvalue weighted by atomic mass is 10.2. The largest absolute Gasteiger partial charge is 0.507 e. The van der Waals surface area contributed by atoms with E-state index in [-0.39, 0.29) is 17.4 Å². The first-order valence-electron chi connectivity index (χ1n) is 8.65. The van der Waals surface area contributed by atoms with Crippen molar-refractivity contribution in [1.29, 1.82) is 0 Å². The van der Waals surface area contributed by atoms with Crippen molar-refractivity contribution in [2.75, 3.05) is 5.75 Å². The number of amides is 1. The lowest BCUT2D eigenvalue weighted by Crippen LogP contribution is -2.36. The van der Waals surface area contributed by atoms with Crippen LogP contribution in [0.4, 0.5) is 0 Å². The molecule has 0 radical (unpaired) electrons. The lowest BCUT2D eigenvalue weighted by Gasteiger charge is -2.02. The molecule has 0 fully saturated rings. The maximum Gasteiger partial charge on any atom is 0.337 e. The third-order valence-electron chi connectivity index (χ3n) is 3.91. The van der Waals surface area contributed by atoms with Gasteiger partial charge in [-0.25, -0.2) is 9.99 Å². The summed E-state index contributed by atoms with van der Waals surface area (Å²) < 4.78 is 2.79. The van der Waals surface area contributed by atoms with Gasteiger partial charge in [0, 0.05) is 15.1 Å². The number of halogens is 2. The molecule has 3 N–H and O–H groups in total. The number of carbonyl (C=O) groups is 1. The fraction of sp³-hybridized carbons (Fsp3) is 0.158. The summed E-state index contributed by atoms with van der Waals surface area (Å²) in [5, 5.41) is 22.4. The Bertz CT molecular complexity index is 1040. The minimum atomic E-state index is -0.278. The smallest absolute Gasteiger partial charge is 0.337 e. The first kappa shape index (κ1) is 21.4. The fourth-order valence-corrected chi connectivity index (χ4v) is 3.83. The Morgan fingerprint density at radius 1 is 1.38 bits per heavy atom. The number of aromatic amines is 1. The van der Waals surface area contributed by atoms with Gasteiger partial charge in [0.2, 0.25) is 0 Å². The zero-order valence-corrected chi connectivity index (χ0v) is 18.6. The van der Waals surface area contributed by atoms with Crippen molar-refractivity contribution in [3.05, 3.63) is 57.5 Å². The summed E-state index contributed by atoms with van der Waals surface area (Å²) in [4.78, 5) is 12.1. The van der Waals surface area contributed by atoms with E-state index in [9.17, 15) is 9.90 Å². The maximum absolute atomic E-state index is 12.1. The third kappa shape index (κ3) is 5.59. The Morgan fingerprint density at radius 2 is 2.14 bits per heavy atom. The number of rotatable bonds is 7. The summed E-state index contributed by atoms with van der Waals surface area (Å²) in [5.74, 6) is 0.790. The molecule has 29 heavy (non-hydrogen) atoms. The number of H-pyrrole nitrogens is 1. The number of hydrazone groups is 1. The zero-order chi connectivity index (χ0) is 20.8. The van der Waals surface area contributed by atoms with Gasteiger partial charge in [-0.2, -0.15) is 5.10 Å². The topological polar surface area (TPSA) is 94.2 Å². The van der Waals surface area contributed by atoms with Crippen LogP contribution in [0.1, 0.15) is 12.5 Å². The second-order valence-electron chi connectivity index (χ2n) is 5.89. The predicted molar refractivity (Wildman–Crippen MR) is 117 cm³/mol. The summed E-state index contributed by atoms with van der Waals surface area (Å²) in [7, 11) is 0. The molecule has 0 aliphatic heterocycles. The van der Waals surface area contributed by atoms with Crippen molar-refractivity contribution in [2.24, 2.45) is 5.10 Å². The van der Waals surface area contributed by atoms with Crippen LogP contribution >= 0.6 is 39.3 Å². The van der Waals surface area contributed by atoms with Crippen LogP contribution in [0.15, 0.2) is 57.2 Å². The van der Waals surface area contributed by atoms with Gasteiger partial charge in [-0.15, -0.1) is 5.10 Å². The van der Waals surface area contributed by atoms with Crippen LogP contribution in [0.3, 0.4) is 0 Å². The standard InChI is InChI=1S/C19H17BrClN5O2S/c1-2-26-18(12-3-6-15(21)7-4-12)24-25-19(26)29-11-17(28)23-22-10-13-9-14(20)5-8-16(13)27/h3-10H,2,11H2,1H3,(H2,22,23,27,28)/p+1. The molecule has 10 heteroatoms. The molecule has 0 aliphatic carbocycles. The van der Waals surface area contributed by atoms with Crippen LogP contribution in [0.5, 0.6) is 5.75 Å². The van der Waals surface area contributed by atoms with E-state index in [2.05, 4.69) is 36.7 Å². The molecule has 0 spiro atoms. The summed E-state index contributed by atoms with van der Waals surface area (Å²) in [5.41, 5.74) is 3.90. The number of phenols is 1. The van der Waals surface area contributed by atoms with Gasteiger partial charge in [0.05, 0.1) is 29.2 Å². The Balaban J connectivity index is 1.61. The second-order valence-corrected chi connectivity index (χ2v) is 8.19. The van der Waals surface area contributed by atoms with Crippen LogP contribution in [-0.4, -0.2) is 33.2 Å². The molecule has 3 rings (SSSR count). The molecule has 0 aliphatic rings. The Labute approximate surface area is 185 Å². The number of benzene rings is 2. The molecule has 0 bridgehead atoms. The molecule has 1 heterocycles. The van der Waals surface area contributed by atoms with Crippen molar-refractivity contribution in [2.45, 2.75) is 18.6 Å². The molecule has 0 atom stereocenters. The molecule has 1 amide bonds. The summed E-state index contributed by atoms with van der Waals surface area (Å²) in [6.07, 6.45) is 1.39. The highest BCUT2D eigenvalue weighted by atomic mass is 79.9. The Morgan fingerprint density at radius 3 is 2.86 bits per heavy atom. The van der Waals surface area contributed by atoms with Crippen molar-refractivity contribution in [1.82, 2.24) is 15.6 Å². The van der Waals surface area contributed by atoms with Gasteiger partial charge in [0.25, 0.3) is 11.7 Å². The maximum atomic E-state index is 12.1. The Hall–Kier alpha value is -2.36. The molecule has 3 aromatic rings. The molecular weight excluding hydrogens is 478 g/mol. The minimum Gasteiger partial charge on any atom is -0.507 e. The third-order valence-corrected chi connectivity index (χ3v) is 5.63. The minimum absolute atomic E-state index is 0.0795. The van der Waals surface area contributed by atoms with Gasteiger partial charge in [0.15, 0.2) is 0 Å². The van der Waals surface area contributed by atoms with Gasteiger partial charge in [0.1, 0.15) is 5.75 Å². The highest BCUT2D eigenvalue weighted by Gasteiger charge is 2.21. The van der Waals surface area contributed by atoms with E-state index in [1.165, 1.54) is 18.0 Å². The molecule has 150 valence electrons. The van der Waals surface area contributed by atoms with Crippen LogP contribution in [0.2, 0.25) is 5.02 Å². The van der Waals surface area contributed by atoms with Crippen molar-refractivity contribution in [3.8, 4) is 17.1 Å². The van der Waals surface area contributed by atoms with E-state index in [0.29, 0.717) is 22.3 Å². The molecule has 7 nitrogen and oxygen atoms in total. The number of aromatic hydroxyl groups is 1. The number of aromatic nitrogens is 3. The summed E-state index contributed by atoms with van der Waals surface area (Å²) in [6.45, 7) is 2.70. The highest BCUT2D eigenvalue weighted by molar-refractivity contribution is 9.10. The summed E-state index contributed by atoms with van der Waals surface area (Å²) >= 11 is 10.6. The fourth-order valence-electron chi connectivity index (χ4n) is 2.51. The van der Waals surface area contributed by atoms with Gasteiger partial charge in [-0.1, -0.05) is 27.5 Å². The van der Waals surface area contributed by atoms with Gasteiger partial charge in [-0.05, 0) is 61.2 Å². The van der Waals surface area contributed by atoms with Gasteiger partial charge < -0.3 is 5.11 Å². The second kappa shape index (κ2) is 9.91. The Kier molecular flexibility index (Phi) is 7.29. The van der Waals surface area contributed by atoms with Crippen LogP contribution < -0.4 is 9.99 Å². The monoisotopic (exact) mass is 494 g/mol. The van der Waals surface area contributed by atoms with E-state index in [1.807, 2.05) is 35.8 Å². The van der Waals surface area contributed by atoms with Crippen molar-refractivity contribution in [3.63, 3.8) is 0 Å². The highest BCUT2D eigenvalue weighted by Crippen LogP contribution is 2.21. The van der Waals surface area contributed by atoms with E-state index >= 15 is 0 Å². The summed E-state index contributed by atoms with van der Waals surface area (Å²) in [6, 6.07) is 12.4. The first-order valence-corrected chi connectivity index (χ1v) is 10.8. The lowest BCUT2D eigenvalue weighted by molar-refractivity contribution is -0.719. The van der Waals surface area contributed by atoms with E-state index in [1.54, 1.807) is 18.2 Å². The van der Waals surface area contributed by atoms with Crippen molar-refractivity contribution >= 4 is 51.4 Å². The number of phenolic OH excluding ortho intramolecular Hbond substituents is 1. The molecule has 0 saturated carbocycles. The van der Waals surface area contributed by atoms with Crippen LogP contribution in [0, 0.1) is 0 Å². The van der Waals surface area contributed by atoms with E-state index in [4.69, 9.17) is 11.6 Å². The van der Waals surface area contributed by atoms with E-state index in [0.717, 1.165) is 15.9 Å². The first-order chi connectivity index (χ1) is 14.0. The predicted octanol–water partition coefficient (Wildman–Crippen LogP) is 3.75. The van der Waals surface area contributed by atoms with Gasteiger partial charge in [-0.3, -0.25) is 4.79 Å². The van der Waals surface area contributed by atoms with Crippen LogP contribution in [-0.2, 0) is 11.3 Å². The number of hydrogen-bond acceptors (Lipinski definition) is 5. The average Bonchev–Trinajstić information content (AvgIpc) is 3.12. The van der Waals surface area contributed by atoms with E-state index < -0.39 is 0 Å². The van der Waals surface area contributed by atoms with Gasteiger partial charge >= 0.3 is 5.16 Å².